The largest absolute Gasteiger partial charge is 0.504 e. The van der Waals surface area contributed by atoms with Crippen LogP contribution in [0.5, 0.6) is 11.5 Å². The highest BCUT2D eigenvalue weighted by atomic mass is 16.5. The normalized spacial score (nSPS) is 19.2. The summed E-state index contributed by atoms with van der Waals surface area (Å²) in [6.07, 6.45) is 2.09. The molecule has 0 unspecified atom stereocenters. The summed E-state index contributed by atoms with van der Waals surface area (Å²) < 4.78 is 5.21. The Hall–Kier alpha value is -2.08. The molecule has 0 aliphatic carbocycles. The second-order valence-electron chi connectivity index (χ2n) is 4.31. The summed E-state index contributed by atoms with van der Waals surface area (Å²) in [4.78, 5) is 4.30. The Balaban J connectivity index is 1.89. The number of nitrogens with zero attached hydrogens (tertiary/aromatic N) is 2. The molecule has 1 atom stereocenters. The minimum absolute atomic E-state index is 0.122. The molecule has 6 nitrogen and oxygen atoms in total. The molecule has 6 heteroatoms. The van der Waals surface area contributed by atoms with Crippen molar-refractivity contribution in [2.45, 2.75) is 18.9 Å². The van der Waals surface area contributed by atoms with Crippen molar-refractivity contribution in [2.75, 3.05) is 6.54 Å². The van der Waals surface area contributed by atoms with E-state index in [0.29, 0.717) is 17.3 Å². The predicted molar refractivity (Wildman–Crippen MR) is 63.0 cm³/mol. The fourth-order valence-electron chi connectivity index (χ4n) is 2.05. The lowest BCUT2D eigenvalue weighted by atomic mass is 10.2. The summed E-state index contributed by atoms with van der Waals surface area (Å²) in [6, 6.07) is 4.56. The Morgan fingerprint density at radius 3 is 2.89 bits per heavy atom. The molecule has 2 heterocycles. The van der Waals surface area contributed by atoms with Crippen molar-refractivity contribution < 1.29 is 14.7 Å². The highest BCUT2D eigenvalue weighted by Gasteiger charge is 2.22. The van der Waals surface area contributed by atoms with E-state index < -0.39 is 0 Å². The number of nitrogens with one attached hydrogen (secondary N) is 1. The maximum atomic E-state index is 9.43. The van der Waals surface area contributed by atoms with E-state index in [1.165, 1.54) is 12.1 Å². The molecule has 18 heavy (non-hydrogen) atoms. The zero-order valence-corrected chi connectivity index (χ0v) is 9.63. The molecule has 94 valence electrons. The smallest absolute Gasteiger partial charge is 0.244 e. The van der Waals surface area contributed by atoms with Gasteiger partial charge in [0.15, 0.2) is 11.5 Å². The third-order valence-electron chi connectivity index (χ3n) is 3.03. The van der Waals surface area contributed by atoms with Gasteiger partial charge < -0.3 is 20.1 Å². The zero-order valence-electron chi connectivity index (χ0n) is 9.63. The van der Waals surface area contributed by atoms with Crippen molar-refractivity contribution in [1.29, 1.82) is 0 Å². The molecule has 0 amide bonds. The zero-order chi connectivity index (χ0) is 12.5. The Morgan fingerprint density at radius 2 is 2.17 bits per heavy atom. The second kappa shape index (κ2) is 4.30. The Labute approximate surface area is 103 Å². The van der Waals surface area contributed by atoms with Gasteiger partial charge in [-0.15, -0.1) is 0 Å². The fourth-order valence-corrected chi connectivity index (χ4v) is 2.05. The molecule has 1 aliphatic heterocycles. The maximum Gasteiger partial charge on any atom is 0.244 e. The van der Waals surface area contributed by atoms with E-state index in [0.717, 1.165) is 19.4 Å². The van der Waals surface area contributed by atoms with Crippen LogP contribution in [0.2, 0.25) is 0 Å². The number of benzene rings is 1. The average molecular weight is 247 g/mol. The molecule has 3 N–H and O–H groups in total. The number of hydrogen-bond donors (Lipinski definition) is 3. The van der Waals surface area contributed by atoms with E-state index in [1.54, 1.807) is 6.07 Å². The minimum atomic E-state index is -0.196. The van der Waals surface area contributed by atoms with Crippen LogP contribution in [0.3, 0.4) is 0 Å². The lowest BCUT2D eigenvalue weighted by Crippen LogP contribution is -2.12. The summed E-state index contributed by atoms with van der Waals surface area (Å²) in [5, 5.41) is 25.8. The summed E-state index contributed by atoms with van der Waals surface area (Å²) >= 11 is 0. The number of hydrogen-bond acceptors (Lipinski definition) is 6. The number of rotatable bonds is 2. The summed E-state index contributed by atoms with van der Waals surface area (Å²) in [5.74, 6) is 0.613. The van der Waals surface area contributed by atoms with Crippen molar-refractivity contribution in [2.24, 2.45) is 0 Å². The third-order valence-corrected chi connectivity index (χ3v) is 3.03. The van der Waals surface area contributed by atoms with Crippen LogP contribution in [0.1, 0.15) is 24.8 Å². The van der Waals surface area contributed by atoms with Crippen LogP contribution in [0.15, 0.2) is 22.7 Å². The molecule has 0 bridgehead atoms. The monoisotopic (exact) mass is 247 g/mol. The van der Waals surface area contributed by atoms with Crippen molar-refractivity contribution in [3.05, 3.63) is 24.1 Å². The van der Waals surface area contributed by atoms with Gasteiger partial charge in [-0.05, 0) is 37.6 Å². The number of aromatic nitrogens is 2. The molecule has 3 rings (SSSR count). The van der Waals surface area contributed by atoms with Crippen molar-refractivity contribution in [3.8, 4) is 22.9 Å². The van der Waals surface area contributed by atoms with Gasteiger partial charge in [-0.25, -0.2) is 0 Å². The van der Waals surface area contributed by atoms with Crippen LogP contribution in [0.25, 0.3) is 11.4 Å². The van der Waals surface area contributed by atoms with Crippen molar-refractivity contribution in [1.82, 2.24) is 15.5 Å². The molecule has 1 aromatic carbocycles. The molecule has 1 aliphatic rings. The molecule has 0 spiro atoms. The van der Waals surface area contributed by atoms with Gasteiger partial charge in [0.05, 0.1) is 6.04 Å². The van der Waals surface area contributed by atoms with E-state index in [2.05, 4.69) is 15.5 Å². The minimum Gasteiger partial charge on any atom is -0.504 e. The molecular weight excluding hydrogens is 234 g/mol. The van der Waals surface area contributed by atoms with Gasteiger partial charge in [0.25, 0.3) is 0 Å². The fraction of sp³-hybridized carbons (Fsp3) is 0.333. The maximum absolute atomic E-state index is 9.43. The average Bonchev–Trinajstić information content (AvgIpc) is 3.01. The van der Waals surface area contributed by atoms with Gasteiger partial charge in [-0.3, -0.25) is 0 Å². The number of phenols is 2. The first-order valence-corrected chi connectivity index (χ1v) is 5.83. The third kappa shape index (κ3) is 1.91. The number of aromatic hydroxyl groups is 2. The van der Waals surface area contributed by atoms with E-state index >= 15 is 0 Å². The first kappa shape index (κ1) is 11.0. The van der Waals surface area contributed by atoms with Crippen molar-refractivity contribution >= 4 is 0 Å². The van der Waals surface area contributed by atoms with Crippen LogP contribution >= 0.6 is 0 Å². The molecular formula is C12H13N3O3. The molecule has 2 aromatic rings. The first-order valence-electron chi connectivity index (χ1n) is 5.83. The van der Waals surface area contributed by atoms with Crippen LogP contribution in [-0.4, -0.2) is 26.9 Å². The van der Waals surface area contributed by atoms with E-state index in [-0.39, 0.29) is 17.5 Å². The lowest BCUT2D eigenvalue weighted by Gasteiger charge is -2.01. The highest BCUT2D eigenvalue weighted by molar-refractivity contribution is 5.59. The summed E-state index contributed by atoms with van der Waals surface area (Å²) in [7, 11) is 0. The molecule has 1 saturated heterocycles. The molecule has 1 fully saturated rings. The van der Waals surface area contributed by atoms with E-state index in [4.69, 9.17) is 4.52 Å². The predicted octanol–water partition coefficient (Wildman–Crippen LogP) is 1.57. The lowest BCUT2D eigenvalue weighted by molar-refractivity contribution is 0.345. The molecule has 1 aromatic heterocycles. The van der Waals surface area contributed by atoms with Crippen molar-refractivity contribution in [3.63, 3.8) is 0 Å². The van der Waals surface area contributed by atoms with E-state index in [9.17, 15) is 10.2 Å². The second-order valence-corrected chi connectivity index (χ2v) is 4.31. The first-order chi connectivity index (χ1) is 8.74. The van der Waals surface area contributed by atoms with Gasteiger partial charge >= 0.3 is 0 Å². The Kier molecular flexibility index (Phi) is 2.64. The van der Waals surface area contributed by atoms with Crippen LogP contribution in [-0.2, 0) is 0 Å². The van der Waals surface area contributed by atoms with Gasteiger partial charge in [-0.1, -0.05) is 5.16 Å². The Morgan fingerprint density at radius 1 is 1.28 bits per heavy atom. The van der Waals surface area contributed by atoms with Gasteiger partial charge in [-0.2, -0.15) is 4.98 Å². The SMILES string of the molecule is Oc1ccc(-c2noc([C@@H]3CCCN3)n2)cc1O. The topological polar surface area (TPSA) is 91.4 Å². The van der Waals surface area contributed by atoms with Gasteiger partial charge in [0, 0.05) is 5.56 Å². The van der Waals surface area contributed by atoms with Gasteiger partial charge in [0.2, 0.25) is 11.7 Å². The van der Waals surface area contributed by atoms with Gasteiger partial charge in [0.1, 0.15) is 0 Å². The van der Waals surface area contributed by atoms with E-state index in [1.807, 2.05) is 0 Å². The molecule has 0 saturated carbocycles. The quantitative estimate of drug-likeness (QED) is 0.698. The van der Waals surface area contributed by atoms with Crippen LogP contribution < -0.4 is 5.32 Å². The summed E-state index contributed by atoms with van der Waals surface area (Å²) in [5.41, 5.74) is 0.610. The Bertz CT molecular complexity index is 561. The molecule has 0 radical (unpaired) electrons. The standard InChI is InChI=1S/C12H13N3O3/c16-9-4-3-7(6-10(9)17)11-14-12(18-15-11)8-2-1-5-13-8/h3-4,6,8,13,16-17H,1-2,5H2/t8-/m0/s1. The highest BCUT2D eigenvalue weighted by Crippen LogP contribution is 2.30. The summed E-state index contributed by atoms with van der Waals surface area (Å²) in [6.45, 7) is 0.961. The van der Waals surface area contributed by atoms with Crippen LogP contribution in [0, 0.1) is 0 Å². The van der Waals surface area contributed by atoms with Crippen LogP contribution in [0.4, 0.5) is 0 Å². The number of phenolic OH excluding ortho intramolecular Hbond substituents is 2.